The lowest BCUT2D eigenvalue weighted by atomic mass is 10.0. The van der Waals surface area contributed by atoms with Crippen molar-refractivity contribution >= 4 is 15.9 Å². The van der Waals surface area contributed by atoms with Gasteiger partial charge < -0.3 is 10.1 Å². The molecule has 0 spiro atoms. The summed E-state index contributed by atoms with van der Waals surface area (Å²) in [6.45, 7) is 8.30. The van der Waals surface area contributed by atoms with E-state index in [2.05, 4.69) is 5.32 Å². The minimum Gasteiger partial charge on any atom is -0.373 e. The monoisotopic (exact) mass is 416 g/mol. The Bertz CT molecular complexity index is 963. The minimum atomic E-state index is -3.62. The lowest BCUT2D eigenvalue weighted by Gasteiger charge is -2.34. The van der Waals surface area contributed by atoms with Crippen molar-refractivity contribution in [2.24, 2.45) is 0 Å². The molecule has 1 amide bonds. The van der Waals surface area contributed by atoms with Gasteiger partial charge in [0.1, 0.15) is 0 Å². The van der Waals surface area contributed by atoms with E-state index in [1.165, 1.54) is 16.4 Å². The van der Waals surface area contributed by atoms with E-state index in [0.29, 0.717) is 18.7 Å². The van der Waals surface area contributed by atoms with Crippen LogP contribution in [0, 0.1) is 6.92 Å². The first-order chi connectivity index (χ1) is 13.7. The molecule has 1 fully saturated rings. The van der Waals surface area contributed by atoms with Gasteiger partial charge in [-0.25, -0.2) is 8.42 Å². The van der Waals surface area contributed by atoms with Crippen LogP contribution in [0.4, 0.5) is 0 Å². The van der Waals surface area contributed by atoms with Crippen molar-refractivity contribution in [3.8, 4) is 0 Å². The smallest absolute Gasteiger partial charge is 0.251 e. The molecule has 1 aliphatic rings. The highest BCUT2D eigenvalue weighted by molar-refractivity contribution is 7.89. The van der Waals surface area contributed by atoms with Crippen molar-refractivity contribution in [3.63, 3.8) is 0 Å². The Morgan fingerprint density at radius 2 is 1.66 bits per heavy atom. The molecule has 0 aromatic heterocycles. The average molecular weight is 417 g/mol. The minimum absolute atomic E-state index is 0.150. The maximum absolute atomic E-state index is 12.9. The van der Waals surface area contributed by atoms with Gasteiger partial charge >= 0.3 is 0 Å². The summed E-state index contributed by atoms with van der Waals surface area (Å²) >= 11 is 0. The Morgan fingerprint density at radius 1 is 1.07 bits per heavy atom. The van der Waals surface area contributed by atoms with E-state index in [0.717, 1.165) is 11.1 Å². The molecule has 2 aromatic rings. The van der Waals surface area contributed by atoms with Crippen LogP contribution in [0.2, 0.25) is 0 Å². The number of benzene rings is 2. The number of sulfonamides is 1. The average Bonchev–Trinajstić information content (AvgIpc) is 2.67. The SMILES string of the molecule is Cc1ccccc1C(C)NC(=O)c1ccc(S(=O)(=O)N2CC(C)OC(C)C2)cc1. The molecule has 3 rings (SSSR count). The molecule has 3 atom stereocenters. The van der Waals surface area contributed by atoms with Crippen LogP contribution >= 0.6 is 0 Å². The van der Waals surface area contributed by atoms with Crippen molar-refractivity contribution in [2.45, 2.75) is 50.8 Å². The Labute approximate surface area is 172 Å². The predicted molar refractivity (Wildman–Crippen MR) is 112 cm³/mol. The maximum atomic E-state index is 12.9. The fourth-order valence-corrected chi connectivity index (χ4v) is 5.28. The number of nitrogens with zero attached hydrogens (tertiary/aromatic N) is 1. The van der Waals surface area contributed by atoms with Gasteiger partial charge in [0.2, 0.25) is 10.0 Å². The summed E-state index contributed by atoms with van der Waals surface area (Å²) in [5.74, 6) is -0.238. The van der Waals surface area contributed by atoms with Crippen LogP contribution in [0.1, 0.15) is 48.3 Å². The Balaban J connectivity index is 1.72. The van der Waals surface area contributed by atoms with Crippen LogP contribution in [0.25, 0.3) is 0 Å². The lowest BCUT2D eigenvalue weighted by Crippen LogP contribution is -2.48. The van der Waals surface area contributed by atoms with Gasteiger partial charge in [-0.1, -0.05) is 24.3 Å². The normalized spacial score (nSPS) is 21.5. The van der Waals surface area contributed by atoms with E-state index in [9.17, 15) is 13.2 Å². The number of carbonyl (C=O) groups is 1. The zero-order valence-electron chi connectivity index (χ0n) is 17.3. The van der Waals surface area contributed by atoms with E-state index in [-0.39, 0.29) is 29.1 Å². The van der Waals surface area contributed by atoms with Gasteiger partial charge in [-0.2, -0.15) is 4.31 Å². The number of rotatable bonds is 5. The van der Waals surface area contributed by atoms with Crippen molar-refractivity contribution in [1.82, 2.24) is 9.62 Å². The molecule has 3 unspecified atom stereocenters. The second-order valence-corrected chi connectivity index (χ2v) is 9.59. The molecule has 1 heterocycles. The zero-order chi connectivity index (χ0) is 21.2. The van der Waals surface area contributed by atoms with Crippen LogP contribution in [0.5, 0.6) is 0 Å². The summed E-state index contributed by atoms with van der Waals surface area (Å²) < 4.78 is 32.9. The summed E-state index contributed by atoms with van der Waals surface area (Å²) in [7, 11) is -3.62. The molecule has 29 heavy (non-hydrogen) atoms. The molecule has 1 N–H and O–H groups in total. The van der Waals surface area contributed by atoms with Gasteiger partial charge in [-0.3, -0.25) is 4.79 Å². The van der Waals surface area contributed by atoms with Crippen LogP contribution < -0.4 is 5.32 Å². The van der Waals surface area contributed by atoms with Crippen LogP contribution in [0.15, 0.2) is 53.4 Å². The van der Waals surface area contributed by atoms with Crippen molar-refractivity contribution in [2.75, 3.05) is 13.1 Å². The molecule has 1 aliphatic heterocycles. The first kappa shape index (κ1) is 21.5. The third-order valence-electron chi connectivity index (χ3n) is 5.14. The fraction of sp³-hybridized carbons (Fsp3) is 0.409. The molecule has 2 aromatic carbocycles. The molecule has 0 radical (unpaired) electrons. The van der Waals surface area contributed by atoms with Gasteiger partial charge in [0.15, 0.2) is 0 Å². The molecule has 1 saturated heterocycles. The molecule has 0 aliphatic carbocycles. The van der Waals surface area contributed by atoms with Crippen LogP contribution in [-0.4, -0.2) is 43.9 Å². The largest absolute Gasteiger partial charge is 0.373 e. The van der Waals surface area contributed by atoms with E-state index in [1.54, 1.807) is 12.1 Å². The van der Waals surface area contributed by atoms with E-state index in [4.69, 9.17) is 4.74 Å². The number of amides is 1. The standard InChI is InChI=1S/C22H28N2O4S/c1-15-7-5-6-8-21(15)18(4)23-22(25)19-9-11-20(12-10-19)29(26,27)24-13-16(2)28-17(3)14-24/h5-12,16-18H,13-14H2,1-4H3,(H,23,25). The summed E-state index contributed by atoms with van der Waals surface area (Å²) in [4.78, 5) is 12.8. The van der Waals surface area contributed by atoms with Crippen LogP contribution in [-0.2, 0) is 14.8 Å². The molecule has 7 heteroatoms. The van der Waals surface area contributed by atoms with Gasteiger partial charge in [0.05, 0.1) is 23.1 Å². The third kappa shape index (κ3) is 4.86. The van der Waals surface area contributed by atoms with Gasteiger partial charge in [-0.15, -0.1) is 0 Å². The molecule has 6 nitrogen and oxygen atoms in total. The maximum Gasteiger partial charge on any atom is 0.251 e. The topological polar surface area (TPSA) is 75.7 Å². The number of ether oxygens (including phenoxy) is 1. The molecular formula is C22H28N2O4S. The molecular weight excluding hydrogens is 388 g/mol. The van der Waals surface area contributed by atoms with Crippen molar-refractivity contribution < 1.29 is 17.9 Å². The Morgan fingerprint density at radius 3 is 2.24 bits per heavy atom. The van der Waals surface area contributed by atoms with Gasteiger partial charge in [-0.05, 0) is 63.1 Å². The zero-order valence-corrected chi connectivity index (χ0v) is 18.1. The molecule has 156 valence electrons. The molecule has 0 saturated carbocycles. The van der Waals surface area contributed by atoms with E-state index < -0.39 is 10.0 Å². The van der Waals surface area contributed by atoms with Crippen molar-refractivity contribution in [3.05, 3.63) is 65.2 Å². The van der Waals surface area contributed by atoms with Crippen LogP contribution in [0.3, 0.4) is 0 Å². The van der Waals surface area contributed by atoms with E-state index in [1.807, 2.05) is 52.0 Å². The lowest BCUT2D eigenvalue weighted by molar-refractivity contribution is -0.0440. The quantitative estimate of drug-likeness (QED) is 0.812. The highest BCUT2D eigenvalue weighted by Gasteiger charge is 2.32. The first-order valence-corrected chi connectivity index (χ1v) is 11.2. The second kappa shape index (κ2) is 8.65. The highest BCUT2D eigenvalue weighted by atomic mass is 32.2. The second-order valence-electron chi connectivity index (χ2n) is 7.66. The summed E-state index contributed by atoms with van der Waals surface area (Å²) in [5.41, 5.74) is 2.58. The number of hydrogen-bond donors (Lipinski definition) is 1. The number of morpholine rings is 1. The number of carbonyl (C=O) groups excluding carboxylic acids is 1. The fourth-order valence-electron chi connectivity index (χ4n) is 3.68. The van der Waals surface area contributed by atoms with E-state index >= 15 is 0 Å². The summed E-state index contributed by atoms with van der Waals surface area (Å²) in [5, 5.41) is 2.97. The first-order valence-electron chi connectivity index (χ1n) is 9.80. The molecule has 0 bridgehead atoms. The Kier molecular flexibility index (Phi) is 6.41. The van der Waals surface area contributed by atoms with Gasteiger partial charge in [0.25, 0.3) is 5.91 Å². The van der Waals surface area contributed by atoms with Crippen molar-refractivity contribution in [1.29, 1.82) is 0 Å². The summed E-state index contributed by atoms with van der Waals surface area (Å²) in [6.07, 6.45) is -0.303. The highest BCUT2D eigenvalue weighted by Crippen LogP contribution is 2.22. The summed E-state index contributed by atoms with van der Waals surface area (Å²) in [6, 6.07) is 13.8. The third-order valence-corrected chi connectivity index (χ3v) is 6.99. The predicted octanol–water partition coefficient (Wildman–Crippen LogP) is 3.28. The number of nitrogens with one attached hydrogen (secondary N) is 1. The van der Waals surface area contributed by atoms with Gasteiger partial charge in [0, 0.05) is 18.7 Å². The Hall–Kier alpha value is -2.22. The number of hydrogen-bond acceptors (Lipinski definition) is 4. The number of aryl methyl sites for hydroxylation is 1.